The molecule has 0 aliphatic carbocycles. The van der Waals surface area contributed by atoms with E-state index >= 15 is 0 Å². The molecule has 0 amide bonds. The maximum Gasteiger partial charge on any atom is 0.175 e. The van der Waals surface area contributed by atoms with Crippen LogP contribution in [0.4, 0.5) is 5.69 Å². The van der Waals surface area contributed by atoms with Crippen LogP contribution in [0.5, 0.6) is 5.75 Å². The summed E-state index contributed by atoms with van der Waals surface area (Å²) in [5, 5.41) is 10.6. The van der Waals surface area contributed by atoms with Gasteiger partial charge in [0.2, 0.25) is 0 Å². The number of aliphatic imine (C=N–C) groups is 1. The number of ether oxygens (including phenoxy) is 1. The number of benzene rings is 1. The summed E-state index contributed by atoms with van der Waals surface area (Å²) >= 11 is 4.57. The Labute approximate surface area is 126 Å². The third-order valence-corrected chi connectivity index (χ3v) is 2.67. The van der Waals surface area contributed by atoms with Gasteiger partial charge in [-0.1, -0.05) is 19.8 Å². The van der Waals surface area contributed by atoms with Gasteiger partial charge in [0.15, 0.2) is 5.66 Å². The van der Waals surface area contributed by atoms with Crippen LogP contribution in [-0.4, -0.2) is 17.4 Å². The minimum Gasteiger partial charge on any atom is -0.494 e. The topological polar surface area (TPSA) is 46.3 Å². The molecule has 0 radical (unpaired) electrons. The number of rotatable bonds is 8. The van der Waals surface area contributed by atoms with Crippen LogP contribution in [-0.2, 0) is 0 Å². The Hall–Kier alpha value is -1.58. The van der Waals surface area contributed by atoms with Gasteiger partial charge in [-0.3, -0.25) is 0 Å². The van der Waals surface area contributed by atoms with Crippen molar-refractivity contribution in [2.75, 3.05) is 6.61 Å². The summed E-state index contributed by atoms with van der Waals surface area (Å²) < 4.78 is 5.63. The summed E-state index contributed by atoms with van der Waals surface area (Å²) in [4.78, 5) is 3.93. The van der Waals surface area contributed by atoms with Crippen molar-refractivity contribution >= 4 is 23.1 Å². The van der Waals surface area contributed by atoms with Crippen molar-refractivity contribution in [1.29, 1.82) is 0 Å². The number of azo groups is 1. The van der Waals surface area contributed by atoms with Crippen molar-refractivity contribution in [1.82, 2.24) is 0 Å². The highest BCUT2D eigenvalue weighted by Gasteiger charge is 2.12. The minimum atomic E-state index is -0.670. The van der Waals surface area contributed by atoms with Gasteiger partial charge in [0.1, 0.15) is 5.75 Å². The lowest BCUT2D eigenvalue weighted by Crippen LogP contribution is -2.10. The molecule has 0 unspecified atom stereocenters. The molecule has 4 nitrogen and oxygen atoms in total. The average Bonchev–Trinajstić information content (AvgIpc) is 2.43. The van der Waals surface area contributed by atoms with Gasteiger partial charge in [-0.2, -0.15) is 10.2 Å². The first-order chi connectivity index (χ1) is 9.57. The van der Waals surface area contributed by atoms with Crippen LogP contribution in [0.1, 0.15) is 40.0 Å². The Morgan fingerprint density at radius 1 is 1.20 bits per heavy atom. The molecule has 5 heteroatoms. The zero-order valence-electron chi connectivity index (χ0n) is 12.3. The van der Waals surface area contributed by atoms with E-state index in [9.17, 15) is 0 Å². The van der Waals surface area contributed by atoms with Gasteiger partial charge in [-0.25, -0.2) is 4.99 Å². The first kappa shape index (κ1) is 16.5. The summed E-state index contributed by atoms with van der Waals surface area (Å²) in [6.45, 7) is 6.57. The van der Waals surface area contributed by atoms with Crippen LogP contribution in [0.15, 0.2) is 39.5 Å². The van der Waals surface area contributed by atoms with E-state index in [0.29, 0.717) is 0 Å². The van der Waals surface area contributed by atoms with Crippen LogP contribution < -0.4 is 4.74 Å². The lowest BCUT2D eigenvalue weighted by Gasteiger charge is -2.09. The second-order valence-corrected chi connectivity index (χ2v) is 5.13. The van der Waals surface area contributed by atoms with Crippen molar-refractivity contribution in [2.24, 2.45) is 15.2 Å². The van der Waals surface area contributed by atoms with Gasteiger partial charge in [-0.15, -0.1) is 0 Å². The summed E-state index contributed by atoms with van der Waals surface area (Å²) in [5.41, 5.74) is 0.0930. The first-order valence-electron chi connectivity index (χ1n) is 6.82. The Balaban J connectivity index is 2.54. The highest BCUT2D eigenvalue weighted by Crippen LogP contribution is 2.21. The predicted molar refractivity (Wildman–Crippen MR) is 85.1 cm³/mol. The van der Waals surface area contributed by atoms with E-state index in [0.717, 1.165) is 24.5 Å². The third-order valence-electron chi connectivity index (χ3n) is 2.58. The fraction of sp³-hybridized carbons (Fsp3) is 0.533. The molecule has 0 atom stereocenters. The number of hydrogen-bond donors (Lipinski definition) is 0. The fourth-order valence-electron chi connectivity index (χ4n) is 1.47. The van der Waals surface area contributed by atoms with E-state index in [1.165, 1.54) is 12.8 Å². The van der Waals surface area contributed by atoms with Gasteiger partial charge in [0.05, 0.1) is 17.5 Å². The van der Waals surface area contributed by atoms with E-state index in [4.69, 9.17) is 4.74 Å². The number of hydrogen-bond acceptors (Lipinski definition) is 5. The number of nitrogens with zero attached hydrogens (tertiary/aromatic N) is 3. The van der Waals surface area contributed by atoms with E-state index < -0.39 is 5.66 Å². The molecule has 0 bridgehead atoms. The van der Waals surface area contributed by atoms with Gasteiger partial charge in [-0.05, 0) is 56.8 Å². The second kappa shape index (κ2) is 8.56. The zero-order chi connectivity index (χ0) is 14.8. The highest BCUT2D eigenvalue weighted by atomic mass is 32.1. The molecular formula is C15H21N3OS. The molecule has 0 N–H and O–H groups in total. The first-order valence-corrected chi connectivity index (χ1v) is 7.23. The molecule has 0 fully saturated rings. The lowest BCUT2D eigenvalue weighted by molar-refractivity contribution is 0.306. The standard InChI is InChI=1S/C15H21N3OS/c1-4-5-6-11-19-14-9-7-13(8-10-14)17-18-15(2,3)16-12-20/h7-10H,4-6,11H2,1-3H3. The van der Waals surface area contributed by atoms with Crippen molar-refractivity contribution < 1.29 is 4.74 Å². The average molecular weight is 291 g/mol. The van der Waals surface area contributed by atoms with Crippen LogP contribution in [0.3, 0.4) is 0 Å². The number of unbranched alkanes of at least 4 members (excludes halogenated alkanes) is 2. The molecule has 0 heterocycles. The zero-order valence-corrected chi connectivity index (χ0v) is 13.1. The molecule has 20 heavy (non-hydrogen) atoms. The molecule has 108 valence electrons. The summed E-state index contributed by atoms with van der Waals surface area (Å²) in [6.07, 6.45) is 3.48. The Morgan fingerprint density at radius 2 is 1.90 bits per heavy atom. The van der Waals surface area contributed by atoms with Crippen molar-refractivity contribution in [3.05, 3.63) is 24.3 Å². The molecular weight excluding hydrogens is 270 g/mol. The molecule has 1 aromatic carbocycles. The molecule has 1 rings (SSSR count). The summed E-state index contributed by atoms with van der Waals surface area (Å²) in [7, 11) is 0. The molecule has 0 aliphatic heterocycles. The third kappa shape index (κ3) is 6.55. The van der Waals surface area contributed by atoms with Crippen LogP contribution in [0.25, 0.3) is 0 Å². The lowest BCUT2D eigenvalue weighted by atomic mass is 10.2. The van der Waals surface area contributed by atoms with Crippen LogP contribution in [0.2, 0.25) is 0 Å². The normalized spacial score (nSPS) is 11.3. The maximum atomic E-state index is 5.63. The predicted octanol–water partition coefficient (Wildman–Crippen LogP) is 5.18. The van der Waals surface area contributed by atoms with Gasteiger partial charge in [0.25, 0.3) is 0 Å². The Bertz CT molecular complexity index is 476. The van der Waals surface area contributed by atoms with Gasteiger partial charge < -0.3 is 4.74 Å². The largest absolute Gasteiger partial charge is 0.494 e. The van der Waals surface area contributed by atoms with Crippen molar-refractivity contribution in [3.8, 4) is 5.75 Å². The van der Waals surface area contributed by atoms with E-state index in [2.05, 4.69) is 39.5 Å². The molecule has 0 spiro atoms. The molecule has 1 aromatic rings. The highest BCUT2D eigenvalue weighted by molar-refractivity contribution is 7.78. The van der Waals surface area contributed by atoms with Crippen LogP contribution >= 0.6 is 12.2 Å². The van der Waals surface area contributed by atoms with Crippen molar-refractivity contribution in [3.63, 3.8) is 0 Å². The van der Waals surface area contributed by atoms with Gasteiger partial charge >= 0.3 is 0 Å². The molecule has 0 saturated carbocycles. The molecule has 0 aliphatic rings. The van der Waals surface area contributed by atoms with Crippen molar-refractivity contribution in [2.45, 2.75) is 45.7 Å². The van der Waals surface area contributed by atoms with Gasteiger partial charge in [0, 0.05) is 0 Å². The summed E-state index contributed by atoms with van der Waals surface area (Å²) in [5.74, 6) is 0.858. The second-order valence-electron chi connectivity index (χ2n) is 4.95. The monoisotopic (exact) mass is 291 g/mol. The van der Waals surface area contributed by atoms with E-state index in [1.807, 2.05) is 38.1 Å². The maximum absolute atomic E-state index is 5.63. The molecule has 0 aromatic heterocycles. The Morgan fingerprint density at radius 3 is 2.50 bits per heavy atom. The fourth-order valence-corrected chi connectivity index (χ4v) is 1.69. The SMILES string of the molecule is CCCCCOc1ccc(N=NC(C)(C)N=C=S)cc1. The Kier molecular flexibility index (Phi) is 7.05. The van der Waals surface area contributed by atoms with E-state index in [-0.39, 0.29) is 0 Å². The smallest absolute Gasteiger partial charge is 0.175 e. The van der Waals surface area contributed by atoms with E-state index in [1.54, 1.807) is 0 Å². The minimum absolute atomic E-state index is 0.670. The number of isothiocyanates is 1. The number of thiocarbonyl (C=S) groups is 1. The summed E-state index contributed by atoms with van der Waals surface area (Å²) in [6, 6.07) is 7.54. The quantitative estimate of drug-likeness (QED) is 0.287. The molecule has 0 saturated heterocycles. The van der Waals surface area contributed by atoms with Crippen LogP contribution in [0, 0.1) is 0 Å².